The van der Waals surface area contributed by atoms with E-state index in [0.29, 0.717) is 0 Å². The van der Waals surface area contributed by atoms with Crippen molar-refractivity contribution in [3.63, 3.8) is 0 Å². The van der Waals surface area contributed by atoms with E-state index in [9.17, 15) is 0 Å². The minimum Gasteiger partial charge on any atom is -0.388 e. The van der Waals surface area contributed by atoms with Crippen molar-refractivity contribution in [2.75, 3.05) is 0 Å². The molecule has 2 N–H and O–H groups in total. The van der Waals surface area contributed by atoms with Crippen LogP contribution in [0.15, 0.2) is 4.66 Å². The Morgan fingerprint density at radius 3 is 1.64 bits per heavy atom. The van der Waals surface area contributed by atoms with Crippen LogP contribution >= 0.6 is 0 Å². The van der Waals surface area contributed by atoms with E-state index in [1.54, 1.807) is 0 Å². The summed E-state index contributed by atoms with van der Waals surface area (Å²) in [6.45, 7) is 12.8. The molecular formula is C8H20N2Si. The monoisotopic (exact) mass is 172 g/mol. The summed E-state index contributed by atoms with van der Waals surface area (Å²) in [5.41, 5.74) is 5.85. The summed E-state index contributed by atoms with van der Waals surface area (Å²) in [4.78, 5) is 0. The fraction of sp³-hybridized carbons (Fsp3) is 0.875. The molecule has 0 aromatic rings. The van der Waals surface area contributed by atoms with E-state index >= 15 is 0 Å². The van der Waals surface area contributed by atoms with E-state index < -0.39 is 8.24 Å². The maximum absolute atomic E-state index is 5.82. The van der Waals surface area contributed by atoms with Gasteiger partial charge in [0.05, 0.1) is 5.84 Å². The van der Waals surface area contributed by atoms with Crippen LogP contribution in [0.3, 0.4) is 0 Å². The van der Waals surface area contributed by atoms with E-state index in [0.717, 1.165) is 5.84 Å². The molecule has 0 aromatic carbocycles. The molecule has 0 aliphatic carbocycles. The van der Waals surface area contributed by atoms with E-state index in [-0.39, 0.29) is 5.41 Å². The Morgan fingerprint density at radius 1 is 1.18 bits per heavy atom. The Hall–Kier alpha value is -0.313. The molecule has 66 valence electrons. The molecule has 2 nitrogen and oxygen atoms in total. The Kier molecular flexibility index (Phi) is 2.89. The fourth-order valence-electron chi connectivity index (χ4n) is 0.529. The van der Waals surface area contributed by atoms with Crippen LogP contribution < -0.4 is 5.73 Å². The van der Waals surface area contributed by atoms with Gasteiger partial charge in [0.2, 0.25) is 0 Å². The predicted molar refractivity (Wildman–Crippen MR) is 54.4 cm³/mol. The first-order valence-corrected chi connectivity index (χ1v) is 7.43. The van der Waals surface area contributed by atoms with Gasteiger partial charge in [0.15, 0.2) is 8.24 Å². The molecule has 0 amide bonds. The first-order valence-electron chi connectivity index (χ1n) is 3.99. The molecule has 0 atom stereocenters. The summed E-state index contributed by atoms with van der Waals surface area (Å²) >= 11 is 0. The number of hydrogen-bond donors (Lipinski definition) is 1. The third kappa shape index (κ3) is 5.01. The average Bonchev–Trinajstić information content (AvgIpc) is 1.56. The van der Waals surface area contributed by atoms with Crippen molar-refractivity contribution in [1.82, 2.24) is 0 Å². The average molecular weight is 172 g/mol. The number of hydrogen-bond acceptors (Lipinski definition) is 1. The van der Waals surface area contributed by atoms with Crippen LogP contribution in [0.4, 0.5) is 0 Å². The van der Waals surface area contributed by atoms with Crippen molar-refractivity contribution in [1.29, 1.82) is 0 Å². The smallest absolute Gasteiger partial charge is 0.174 e. The Morgan fingerprint density at radius 2 is 1.55 bits per heavy atom. The van der Waals surface area contributed by atoms with E-state index in [1.165, 1.54) is 0 Å². The van der Waals surface area contributed by atoms with Gasteiger partial charge in [-0.15, -0.1) is 0 Å². The van der Waals surface area contributed by atoms with Crippen molar-refractivity contribution in [2.24, 2.45) is 15.8 Å². The molecule has 0 bridgehead atoms. The number of amidine groups is 1. The summed E-state index contributed by atoms with van der Waals surface area (Å²) in [6, 6.07) is 0. The summed E-state index contributed by atoms with van der Waals surface area (Å²) in [5.74, 6) is 0.789. The molecule has 0 radical (unpaired) electrons. The van der Waals surface area contributed by atoms with Crippen molar-refractivity contribution >= 4 is 14.1 Å². The molecule has 0 fully saturated rings. The standard InChI is InChI=1S/C8H20N2Si/c1-8(2,3)7(9)10-11(4,5)6/h1-6H3,(H2,9,10). The van der Waals surface area contributed by atoms with Crippen molar-refractivity contribution in [3.8, 4) is 0 Å². The van der Waals surface area contributed by atoms with Crippen LogP contribution in [0.1, 0.15) is 20.8 Å². The lowest BCUT2D eigenvalue weighted by Gasteiger charge is -2.21. The van der Waals surface area contributed by atoms with Crippen molar-refractivity contribution in [3.05, 3.63) is 0 Å². The van der Waals surface area contributed by atoms with Crippen LogP contribution in [0, 0.1) is 5.41 Å². The van der Waals surface area contributed by atoms with Crippen molar-refractivity contribution in [2.45, 2.75) is 40.4 Å². The molecular weight excluding hydrogens is 152 g/mol. The first kappa shape index (κ1) is 10.7. The fourth-order valence-corrected chi connectivity index (χ4v) is 1.59. The van der Waals surface area contributed by atoms with Gasteiger partial charge in [-0.05, 0) is 19.6 Å². The summed E-state index contributed by atoms with van der Waals surface area (Å²) in [5, 5.41) is 0. The van der Waals surface area contributed by atoms with E-state index in [1.807, 2.05) is 0 Å². The van der Waals surface area contributed by atoms with Gasteiger partial charge in [-0.25, -0.2) is 0 Å². The molecule has 0 unspecified atom stereocenters. The first-order chi connectivity index (χ1) is 4.63. The van der Waals surface area contributed by atoms with E-state index in [4.69, 9.17) is 5.73 Å². The van der Waals surface area contributed by atoms with Crippen LogP contribution in [-0.2, 0) is 0 Å². The molecule has 0 saturated carbocycles. The zero-order chi connectivity index (χ0) is 9.28. The Balaban J connectivity index is 4.49. The highest BCUT2D eigenvalue weighted by atomic mass is 28.3. The van der Waals surface area contributed by atoms with Crippen LogP contribution in [0.25, 0.3) is 0 Å². The number of nitrogens with zero attached hydrogens (tertiary/aromatic N) is 1. The quantitative estimate of drug-likeness (QED) is 0.368. The lowest BCUT2D eigenvalue weighted by molar-refractivity contribution is 0.586. The molecule has 0 aliphatic rings. The second-order valence-corrected chi connectivity index (χ2v) is 9.48. The van der Waals surface area contributed by atoms with Gasteiger partial charge >= 0.3 is 0 Å². The molecule has 0 heterocycles. The molecule has 0 spiro atoms. The zero-order valence-corrected chi connectivity index (χ0v) is 9.52. The second kappa shape index (κ2) is 2.97. The lowest BCUT2D eigenvalue weighted by Crippen LogP contribution is -2.33. The highest BCUT2D eigenvalue weighted by Gasteiger charge is 2.19. The van der Waals surface area contributed by atoms with Gasteiger partial charge < -0.3 is 10.4 Å². The summed E-state index contributed by atoms with van der Waals surface area (Å²) in [7, 11) is -1.37. The second-order valence-electron chi connectivity index (χ2n) is 4.92. The molecule has 0 rings (SSSR count). The van der Waals surface area contributed by atoms with E-state index in [2.05, 4.69) is 45.1 Å². The third-order valence-electron chi connectivity index (χ3n) is 1.22. The summed E-state index contributed by atoms with van der Waals surface area (Å²) < 4.78 is 4.51. The third-order valence-corrected chi connectivity index (χ3v) is 2.14. The number of rotatable bonds is 1. The van der Waals surface area contributed by atoms with Crippen LogP contribution in [-0.4, -0.2) is 14.1 Å². The molecule has 0 saturated heterocycles. The van der Waals surface area contributed by atoms with Crippen LogP contribution in [0.5, 0.6) is 0 Å². The highest BCUT2D eigenvalue weighted by molar-refractivity contribution is 6.75. The van der Waals surface area contributed by atoms with Gasteiger partial charge in [0.1, 0.15) is 0 Å². The molecule has 3 heteroatoms. The SMILES string of the molecule is CC(C)(C)C(N)=N[Si](C)(C)C. The highest BCUT2D eigenvalue weighted by Crippen LogP contribution is 2.15. The largest absolute Gasteiger partial charge is 0.388 e. The topological polar surface area (TPSA) is 38.4 Å². The van der Waals surface area contributed by atoms with Crippen LogP contribution in [0.2, 0.25) is 19.6 Å². The number of nitrogens with two attached hydrogens (primary N) is 1. The summed E-state index contributed by atoms with van der Waals surface area (Å²) in [6.07, 6.45) is 0. The Labute approximate surface area is 71.0 Å². The van der Waals surface area contributed by atoms with Crippen molar-refractivity contribution < 1.29 is 0 Å². The Bertz CT molecular complexity index is 160. The van der Waals surface area contributed by atoms with Gasteiger partial charge in [-0.3, -0.25) is 0 Å². The predicted octanol–water partition coefficient (Wildman–Crippen LogP) is 2.22. The van der Waals surface area contributed by atoms with Gasteiger partial charge in [-0.1, -0.05) is 20.8 Å². The maximum Gasteiger partial charge on any atom is 0.174 e. The van der Waals surface area contributed by atoms with Gasteiger partial charge in [0.25, 0.3) is 0 Å². The molecule has 0 aromatic heterocycles. The van der Waals surface area contributed by atoms with Gasteiger partial charge in [0, 0.05) is 5.41 Å². The molecule has 11 heavy (non-hydrogen) atoms. The van der Waals surface area contributed by atoms with Gasteiger partial charge in [-0.2, -0.15) is 0 Å². The normalized spacial score (nSPS) is 15.3. The molecule has 0 aliphatic heterocycles. The minimum absolute atomic E-state index is 0.0281. The lowest BCUT2D eigenvalue weighted by atomic mass is 9.96. The maximum atomic E-state index is 5.82. The zero-order valence-electron chi connectivity index (χ0n) is 8.52. The minimum atomic E-state index is -1.37.